The number of nitriles is 1. The van der Waals surface area contributed by atoms with Gasteiger partial charge in [0.1, 0.15) is 23.7 Å². The fraction of sp³-hybridized carbons (Fsp3) is 0.565. The van der Waals surface area contributed by atoms with Crippen LogP contribution in [0.3, 0.4) is 0 Å². The zero-order chi connectivity index (χ0) is 27.2. The average molecular weight is 529 g/mol. The molecule has 0 saturated carbocycles. The second kappa shape index (κ2) is 15.7. The monoisotopic (exact) mass is 528 g/mol. The van der Waals surface area contributed by atoms with E-state index in [1.165, 1.54) is 7.05 Å². The summed E-state index contributed by atoms with van der Waals surface area (Å²) in [4.78, 5) is 29.4. The van der Waals surface area contributed by atoms with Crippen molar-refractivity contribution >= 4 is 29.0 Å². The van der Waals surface area contributed by atoms with Gasteiger partial charge in [-0.3, -0.25) is 4.79 Å². The largest absolute Gasteiger partial charge is 0.510 e. The Bertz CT molecular complexity index is 1090. The lowest BCUT2D eigenvalue weighted by molar-refractivity contribution is -0.119. The number of fused-ring (bicyclic) bond motifs is 1. The van der Waals surface area contributed by atoms with E-state index in [-0.39, 0.29) is 43.2 Å². The molecule has 2 aromatic rings. The summed E-state index contributed by atoms with van der Waals surface area (Å²) in [5, 5.41) is 9.02. The molecule has 0 spiro atoms. The Kier molecular flexibility index (Phi) is 12.6. The molecule has 0 aliphatic heterocycles. The Morgan fingerprint density at radius 3 is 2.19 bits per heavy atom. The van der Waals surface area contributed by atoms with E-state index in [2.05, 4.69) is 4.98 Å². The number of rotatable bonds is 16. The summed E-state index contributed by atoms with van der Waals surface area (Å²) < 4.78 is 60.7. The first-order valence-electron chi connectivity index (χ1n) is 11.4. The molecular formula is C23H30F2N4O8. The number of carbonyl (C=O) groups excluding carboxylic acids is 2. The number of aromatic nitrogens is 2. The maximum Gasteiger partial charge on any atom is 0.510 e. The second-order valence-electron chi connectivity index (χ2n) is 7.38. The SMILES string of the molecule is CCC(=O)N(COC(=O)OCCOCCOCCOCCOC)c1nc2c(F)cc(C#N)c(F)c2n1C. The van der Waals surface area contributed by atoms with E-state index >= 15 is 0 Å². The van der Waals surface area contributed by atoms with Crippen molar-refractivity contribution in [2.24, 2.45) is 7.05 Å². The van der Waals surface area contributed by atoms with Gasteiger partial charge in [0, 0.05) is 20.6 Å². The Balaban J connectivity index is 1.82. The lowest BCUT2D eigenvalue weighted by Gasteiger charge is -2.20. The van der Waals surface area contributed by atoms with Crippen molar-refractivity contribution in [3.63, 3.8) is 0 Å². The molecule has 0 aliphatic rings. The smallest absolute Gasteiger partial charge is 0.432 e. The molecule has 1 aromatic heterocycles. The van der Waals surface area contributed by atoms with Crippen LogP contribution in [0.15, 0.2) is 6.07 Å². The molecule has 0 bridgehead atoms. The van der Waals surface area contributed by atoms with Gasteiger partial charge in [0.25, 0.3) is 0 Å². The molecule has 0 atom stereocenters. The summed E-state index contributed by atoms with van der Waals surface area (Å²) in [6.07, 6.45) is -1.09. The van der Waals surface area contributed by atoms with Gasteiger partial charge in [-0.05, 0) is 6.07 Å². The van der Waals surface area contributed by atoms with E-state index in [9.17, 15) is 18.4 Å². The van der Waals surface area contributed by atoms with Crippen LogP contribution in [-0.4, -0.2) is 88.3 Å². The first-order valence-corrected chi connectivity index (χ1v) is 11.4. The van der Waals surface area contributed by atoms with Crippen LogP contribution in [0.2, 0.25) is 0 Å². The molecule has 0 radical (unpaired) electrons. The van der Waals surface area contributed by atoms with Crippen LogP contribution in [0.5, 0.6) is 0 Å². The first-order chi connectivity index (χ1) is 17.8. The number of amides is 1. The lowest BCUT2D eigenvalue weighted by Crippen LogP contribution is -2.35. The molecule has 204 valence electrons. The number of benzene rings is 1. The Morgan fingerprint density at radius 1 is 1.03 bits per heavy atom. The third-order valence-corrected chi connectivity index (χ3v) is 4.91. The Hall–Kier alpha value is -3.38. The van der Waals surface area contributed by atoms with Gasteiger partial charge in [-0.25, -0.2) is 23.5 Å². The normalized spacial score (nSPS) is 10.9. The van der Waals surface area contributed by atoms with Gasteiger partial charge in [-0.1, -0.05) is 6.92 Å². The molecule has 0 fully saturated rings. The zero-order valence-corrected chi connectivity index (χ0v) is 21.0. The fourth-order valence-electron chi connectivity index (χ4n) is 3.07. The highest BCUT2D eigenvalue weighted by Crippen LogP contribution is 2.28. The maximum absolute atomic E-state index is 14.6. The summed E-state index contributed by atoms with van der Waals surface area (Å²) in [6, 6.07) is 2.29. The molecule has 0 saturated heterocycles. The molecule has 1 amide bonds. The lowest BCUT2D eigenvalue weighted by atomic mass is 10.2. The third kappa shape index (κ3) is 8.60. The van der Waals surface area contributed by atoms with Gasteiger partial charge >= 0.3 is 6.16 Å². The van der Waals surface area contributed by atoms with E-state index in [0.717, 1.165) is 15.5 Å². The number of carbonyl (C=O) groups is 2. The van der Waals surface area contributed by atoms with E-state index in [4.69, 9.17) is 33.7 Å². The van der Waals surface area contributed by atoms with E-state index in [0.29, 0.717) is 33.0 Å². The van der Waals surface area contributed by atoms with Crippen LogP contribution in [-0.2, 0) is 40.3 Å². The van der Waals surface area contributed by atoms with Crippen molar-refractivity contribution in [2.45, 2.75) is 13.3 Å². The second-order valence-corrected chi connectivity index (χ2v) is 7.38. The van der Waals surface area contributed by atoms with Crippen LogP contribution >= 0.6 is 0 Å². The van der Waals surface area contributed by atoms with Crippen molar-refractivity contribution in [1.82, 2.24) is 9.55 Å². The maximum atomic E-state index is 14.6. The number of methoxy groups -OCH3 is 1. The summed E-state index contributed by atoms with van der Waals surface area (Å²) in [7, 11) is 2.93. The van der Waals surface area contributed by atoms with Crippen molar-refractivity contribution in [1.29, 1.82) is 5.26 Å². The molecular weight excluding hydrogens is 498 g/mol. The fourth-order valence-corrected chi connectivity index (χ4v) is 3.07. The molecule has 0 unspecified atom stereocenters. The van der Waals surface area contributed by atoms with E-state index in [1.54, 1.807) is 20.1 Å². The van der Waals surface area contributed by atoms with Gasteiger partial charge in [-0.15, -0.1) is 0 Å². The number of anilines is 1. The molecule has 12 nitrogen and oxygen atoms in total. The minimum Gasteiger partial charge on any atom is -0.432 e. The highest BCUT2D eigenvalue weighted by atomic mass is 19.1. The Labute approximate surface area is 212 Å². The quantitative estimate of drug-likeness (QED) is 0.181. The average Bonchev–Trinajstić information content (AvgIpc) is 3.24. The zero-order valence-electron chi connectivity index (χ0n) is 21.0. The summed E-state index contributed by atoms with van der Waals surface area (Å²) in [5.74, 6) is -2.61. The number of aryl methyl sites for hydroxylation is 1. The van der Waals surface area contributed by atoms with Gasteiger partial charge in [-0.2, -0.15) is 5.26 Å². The Morgan fingerprint density at radius 2 is 1.62 bits per heavy atom. The molecule has 0 aliphatic carbocycles. The first kappa shape index (κ1) is 29.8. The van der Waals surface area contributed by atoms with E-state index < -0.39 is 36.0 Å². The number of hydrogen-bond acceptors (Lipinski definition) is 10. The number of imidazole rings is 1. The van der Waals surface area contributed by atoms with Crippen LogP contribution in [0.4, 0.5) is 19.5 Å². The predicted molar refractivity (Wildman–Crippen MR) is 125 cm³/mol. The summed E-state index contributed by atoms with van der Waals surface area (Å²) >= 11 is 0. The minimum atomic E-state index is -1.08. The number of nitrogens with zero attached hydrogens (tertiary/aromatic N) is 4. The molecule has 1 aromatic carbocycles. The number of hydrogen-bond donors (Lipinski definition) is 0. The standard InChI is InChI=1S/C23H30F2N4O8/c1-4-18(30)29(22-27-20-17(24)13-16(14-26)19(25)21(20)28(22)2)15-37-23(31)36-12-11-35-10-9-34-8-7-33-6-5-32-3/h13H,4-12,15H2,1-3H3. The molecule has 37 heavy (non-hydrogen) atoms. The van der Waals surface area contributed by atoms with Crippen LogP contribution in [0.1, 0.15) is 18.9 Å². The number of ether oxygens (including phenoxy) is 6. The minimum absolute atomic E-state index is 0.00872. The van der Waals surface area contributed by atoms with Crippen molar-refractivity contribution in [3.8, 4) is 6.07 Å². The summed E-state index contributed by atoms with van der Waals surface area (Å²) in [6.45, 7) is 3.39. The third-order valence-electron chi connectivity index (χ3n) is 4.91. The van der Waals surface area contributed by atoms with Gasteiger partial charge < -0.3 is 33.0 Å². The topological polar surface area (TPSA) is 134 Å². The summed E-state index contributed by atoms with van der Waals surface area (Å²) in [5.41, 5.74) is -1.18. The molecule has 14 heteroatoms. The van der Waals surface area contributed by atoms with Gasteiger partial charge in [0.2, 0.25) is 11.9 Å². The van der Waals surface area contributed by atoms with Crippen LogP contribution in [0, 0.1) is 23.0 Å². The van der Waals surface area contributed by atoms with Crippen LogP contribution in [0.25, 0.3) is 11.0 Å². The van der Waals surface area contributed by atoms with Crippen molar-refractivity contribution in [3.05, 3.63) is 23.3 Å². The van der Waals surface area contributed by atoms with Gasteiger partial charge in [0.05, 0.1) is 51.8 Å². The molecule has 1 heterocycles. The highest BCUT2D eigenvalue weighted by Gasteiger charge is 2.26. The van der Waals surface area contributed by atoms with Crippen LogP contribution < -0.4 is 4.90 Å². The highest BCUT2D eigenvalue weighted by molar-refractivity contribution is 5.94. The molecule has 2 rings (SSSR count). The van der Waals surface area contributed by atoms with Crippen molar-refractivity contribution < 1.29 is 46.8 Å². The van der Waals surface area contributed by atoms with Gasteiger partial charge in [0.15, 0.2) is 18.4 Å². The van der Waals surface area contributed by atoms with Crippen molar-refractivity contribution in [2.75, 3.05) is 71.6 Å². The number of halogens is 2. The predicted octanol–water partition coefficient (Wildman–Crippen LogP) is 2.27. The van der Waals surface area contributed by atoms with E-state index in [1.807, 2.05) is 0 Å². The molecule has 0 N–H and O–H groups in total.